The average Bonchev–Trinajstić information content (AvgIpc) is 2.26. The SMILES string of the molecule is COC(=O)COc1ccc(C(=O)O)cc1. The molecule has 1 aromatic rings. The molecular formula is C10H10O5. The van der Waals surface area contributed by atoms with Crippen molar-refractivity contribution in [3.05, 3.63) is 29.8 Å². The molecule has 0 spiro atoms. The Balaban J connectivity index is 2.57. The Kier molecular flexibility index (Phi) is 3.68. The molecule has 0 aliphatic heterocycles. The first kappa shape index (κ1) is 11.0. The van der Waals surface area contributed by atoms with Crippen molar-refractivity contribution in [1.82, 2.24) is 0 Å². The van der Waals surface area contributed by atoms with Crippen LogP contribution >= 0.6 is 0 Å². The van der Waals surface area contributed by atoms with Crippen molar-refractivity contribution in [3.63, 3.8) is 0 Å². The van der Waals surface area contributed by atoms with Crippen LogP contribution in [-0.2, 0) is 9.53 Å². The quantitative estimate of drug-likeness (QED) is 0.748. The number of hydrogen-bond donors (Lipinski definition) is 1. The number of carboxylic acid groups (broad SMARTS) is 1. The maximum atomic E-state index is 10.7. The largest absolute Gasteiger partial charge is 0.482 e. The lowest BCUT2D eigenvalue weighted by Crippen LogP contribution is -2.12. The fourth-order valence-electron chi connectivity index (χ4n) is 0.895. The fourth-order valence-corrected chi connectivity index (χ4v) is 0.895. The Morgan fingerprint density at radius 1 is 1.27 bits per heavy atom. The van der Waals surface area contributed by atoms with Crippen LogP contribution in [0.3, 0.4) is 0 Å². The van der Waals surface area contributed by atoms with Gasteiger partial charge in [0.25, 0.3) is 0 Å². The number of carboxylic acids is 1. The molecule has 15 heavy (non-hydrogen) atoms. The van der Waals surface area contributed by atoms with E-state index in [-0.39, 0.29) is 12.2 Å². The van der Waals surface area contributed by atoms with Crippen molar-refractivity contribution in [2.24, 2.45) is 0 Å². The topological polar surface area (TPSA) is 72.8 Å². The lowest BCUT2D eigenvalue weighted by atomic mass is 10.2. The first-order valence-corrected chi connectivity index (χ1v) is 4.16. The third-order valence-corrected chi connectivity index (χ3v) is 1.69. The van der Waals surface area contributed by atoms with E-state index in [1.807, 2.05) is 0 Å². The van der Waals surface area contributed by atoms with E-state index in [0.29, 0.717) is 5.75 Å². The van der Waals surface area contributed by atoms with Gasteiger partial charge in [0, 0.05) is 0 Å². The van der Waals surface area contributed by atoms with Gasteiger partial charge < -0.3 is 14.6 Å². The van der Waals surface area contributed by atoms with Crippen LogP contribution in [-0.4, -0.2) is 30.8 Å². The van der Waals surface area contributed by atoms with Gasteiger partial charge in [-0.1, -0.05) is 0 Å². The van der Waals surface area contributed by atoms with Gasteiger partial charge in [-0.05, 0) is 24.3 Å². The molecule has 5 nitrogen and oxygen atoms in total. The molecule has 1 N–H and O–H groups in total. The van der Waals surface area contributed by atoms with Crippen molar-refractivity contribution in [2.45, 2.75) is 0 Å². The minimum Gasteiger partial charge on any atom is -0.482 e. The fraction of sp³-hybridized carbons (Fsp3) is 0.200. The van der Waals surface area contributed by atoms with Crippen molar-refractivity contribution in [2.75, 3.05) is 13.7 Å². The van der Waals surface area contributed by atoms with E-state index in [9.17, 15) is 9.59 Å². The summed E-state index contributed by atoms with van der Waals surface area (Å²) in [5.74, 6) is -1.07. The lowest BCUT2D eigenvalue weighted by molar-refractivity contribution is -0.142. The highest BCUT2D eigenvalue weighted by atomic mass is 16.6. The Morgan fingerprint density at radius 2 is 1.87 bits per heavy atom. The highest BCUT2D eigenvalue weighted by Gasteiger charge is 2.04. The van der Waals surface area contributed by atoms with Gasteiger partial charge in [-0.2, -0.15) is 0 Å². The van der Waals surface area contributed by atoms with Crippen LogP contribution in [0.1, 0.15) is 10.4 Å². The number of benzene rings is 1. The van der Waals surface area contributed by atoms with Gasteiger partial charge in [0.05, 0.1) is 12.7 Å². The number of aromatic carboxylic acids is 1. The smallest absolute Gasteiger partial charge is 0.343 e. The molecule has 0 unspecified atom stereocenters. The zero-order valence-electron chi connectivity index (χ0n) is 8.10. The normalized spacial score (nSPS) is 9.40. The standard InChI is InChI=1S/C10H10O5/c1-14-9(11)6-15-8-4-2-7(3-5-8)10(12)13/h2-5H,6H2,1H3,(H,12,13). The zero-order chi connectivity index (χ0) is 11.3. The number of carbonyl (C=O) groups excluding carboxylic acids is 1. The van der Waals surface area contributed by atoms with Gasteiger partial charge in [-0.15, -0.1) is 0 Å². The van der Waals surface area contributed by atoms with Crippen molar-refractivity contribution >= 4 is 11.9 Å². The van der Waals surface area contributed by atoms with Crippen LogP contribution in [0.2, 0.25) is 0 Å². The predicted molar refractivity (Wildman–Crippen MR) is 50.9 cm³/mol. The number of esters is 1. The van der Waals surface area contributed by atoms with E-state index in [1.54, 1.807) is 0 Å². The lowest BCUT2D eigenvalue weighted by Gasteiger charge is -2.04. The van der Waals surface area contributed by atoms with E-state index in [4.69, 9.17) is 9.84 Å². The molecule has 1 rings (SSSR count). The molecule has 0 aromatic heterocycles. The number of ether oxygens (including phenoxy) is 2. The molecule has 0 saturated heterocycles. The second-order valence-electron chi connectivity index (χ2n) is 2.69. The Hall–Kier alpha value is -2.04. The minimum absolute atomic E-state index is 0.167. The highest BCUT2D eigenvalue weighted by Crippen LogP contribution is 2.11. The molecule has 0 bridgehead atoms. The van der Waals surface area contributed by atoms with E-state index >= 15 is 0 Å². The summed E-state index contributed by atoms with van der Waals surface area (Å²) in [4.78, 5) is 21.2. The van der Waals surface area contributed by atoms with Crippen LogP contribution in [0.15, 0.2) is 24.3 Å². The molecule has 80 valence electrons. The summed E-state index contributed by atoms with van der Waals surface area (Å²) in [5, 5.41) is 8.62. The van der Waals surface area contributed by atoms with E-state index < -0.39 is 11.9 Å². The summed E-state index contributed by atoms with van der Waals surface area (Å²) in [7, 11) is 1.26. The summed E-state index contributed by atoms with van der Waals surface area (Å²) in [5.41, 5.74) is 0.167. The van der Waals surface area contributed by atoms with Crippen LogP contribution in [0.5, 0.6) is 5.75 Å². The van der Waals surface area contributed by atoms with Gasteiger partial charge in [-0.25, -0.2) is 9.59 Å². The van der Waals surface area contributed by atoms with Crippen molar-refractivity contribution in [1.29, 1.82) is 0 Å². The Labute approximate surface area is 86.2 Å². The van der Waals surface area contributed by atoms with E-state index in [1.165, 1.54) is 31.4 Å². The molecular weight excluding hydrogens is 200 g/mol. The molecule has 0 atom stereocenters. The summed E-state index contributed by atoms with van der Waals surface area (Å²) < 4.78 is 9.40. The average molecular weight is 210 g/mol. The maximum absolute atomic E-state index is 10.7. The Morgan fingerprint density at radius 3 is 2.33 bits per heavy atom. The molecule has 0 radical (unpaired) electrons. The monoisotopic (exact) mass is 210 g/mol. The molecule has 0 heterocycles. The molecule has 5 heteroatoms. The summed E-state index contributed by atoms with van der Waals surface area (Å²) >= 11 is 0. The van der Waals surface area contributed by atoms with Crippen LogP contribution < -0.4 is 4.74 Å². The number of rotatable bonds is 4. The minimum atomic E-state index is -1.01. The van der Waals surface area contributed by atoms with Gasteiger partial charge in [0.2, 0.25) is 0 Å². The number of carbonyl (C=O) groups is 2. The highest BCUT2D eigenvalue weighted by molar-refractivity contribution is 5.87. The van der Waals surface area contributed by atoms with Crippen LogP contribution in [0, 0.1) is 0 Å². The summed E-state index contributed by atoms with van der Waals surface area (Å²) in [6, 6.07) is 5.75. The third-order valence-electron chi connectivity index (χ3n) is 1.69. The van der Waals surface area contributed by atoms with Crippen molar-refractivity contribution < 1.29 is 24.2 Å². The third kappa shape index (κ3) is 3.30. The van der Waals surface area contributed by atoms with E-state index in [2.05, 4.69) is 4.74 Å². The summed E-state index contributed by atoms with van der Waals surface area (Å²) in [6.45, 7) is -0.192. The van der Waals surface area contributed by atoms with Crippen LogP contribution in [0.4, 0.5) is 0 Å². The second-order valence-corrected chi connectivity index (χ2v) is 2.69. The van der Waals surface area contributed by atoms with E-state index in [0.717, 1.165) is 0 Å². The zero-order valence-corrected chi connectivity index (χ0v) is 8.10. The number of methoxy groups -OCH3 is 1. The molecule has 0 fully saturated rings. The Bertz CT molecular complexity index is 355. The van der Waals surface area contributed by atoms with Gasteiger partial charge in [-0.3, -0.25) is 0 Å². The number of hydrogen-bond acceptors (Lipinski definition) is 4. The van der Waals surface area contributed by atoms with Gasteiger partial charge in [0.1, 0.15) is 5.75 Å². The molecule has 0 saturated carbocycles. The molecule has 0 aliphatic carbocycles. The van der Waals surface area contributed by atoms with Crippen LogP contribution in [0.25, 0.3) is 0 Å². The first-order valence-electron chi connectivity index (χ1n) is 4.16. The second kappa shape index (κ2) is 4.99. The first-order chi connectivity index (χ1) is 7.13. The van der Waals surface area contributed by atoms with Gasteiger partial charge in [0.15, 0.2) is 6.61 Å². The summed E-state index contributed by atoms with van der Waals surface area (Å²) in [6.07, 6.45) is 0. The molecule has 1 aromatic carbocycles. The molecule has 0 amide bonds. The van der Waals surface area contributed by atoms with Gasteiger partial charge >= 0.3 is 11.9 Å². The predicted octanol–water partition coefficient (Wildman–Crippen LogP) is 0.937. The molecule has 0 aliphatic rings. The van der Waals surface area contributed by atoms with Crippen molar-refractivity contribution in [3.8, 4) is 5.75 Å². The maximum Gasteiger partial charge on any atom is 0.343 e.